The molecular weight excluding hydrogens is 565 g/mol. The van der Waals surface area contributed by atoms with E-state index in [1.807, 2.05) is 0 Å². The van der Waals surface area contributed by atoms with Gasteiger partial charge in [0.1, 0.15) is 29.6 Å². The fourth-order valence-electron chi connectivity index (χ4n) is 5.15. The minimum Gasteiger partial charge on any atom is -0.487 e. The van der Waals surface area contributed by atoms with Crippen molar-refractivity contribution in [3.63, 3.8) is 0 Å². The number of benzene rings is 3. The number of hydrogen-bond acceptors (Lipinski definition) is 5. The van der Waals surface area contributed by atoms with Crippen molar-refractivity contribution >= 4 is 23.3 Å². The van der Waals surface area contributed by atoms with Crippen molar-refractivity contribution in [2.24, 2.45) is 0 Å². The summed E-state index contributed by atoms with van der Waals surface area (Å²) in [6.07, 6.45) is -6.14. The fraction of sp³-hybridized carbons (Fsp3) is 0.310. The van der Waals surface area contributed by atoms with Gasteiger partial charge in [0, 0.05) is 35.0 Å². The Morgan fingerprint density at radius 2 is 1.67 bits per heavy atom. The molecule has 0 radical (unpaired) electrons. The Balaban J connectivity index is 1.22. The highest BCUT2D eigenvalue weighted by Gasteiger charge is 2.46. The number of anilines is 2. The van der Waals surface area contributed by atoms with Gasteiger partial charge in [0.25, 0.3) is 0 Å². The Morgan fingerprint density at radius 1 is 0.952 bits per heavy atom. The quantitative estimate of drug-likeness (QED) is 0.278. The summed E-state index contributed by atoms with van der Waals surface area (Å²) >= 11 is 0. The van der Waals surface area contributed by atoms with Gasteiger partial charge in [-0.05, 0) is 67.1 Å². The summed E-state index contributed by atoms with van der Waals surface area (Å²) in [6, 6.07) is 11.2. The molecule has 222 valence electrons. The van der Waals surface area contributed by atoms with Gasteiger partial charge in [0.2, 0.25) is 5.91 Å². The van der Waals surface area contributed by atoms with Gasteiger partial charge in [-0.1, -0.05) is 0 Å². The van der Waals surface area contributed by atoms with Crippen LogP contribution >= 0.6 is 0 Å². The minimum atomic E-state index is -4.49. The predicted molar refractivity (Wildman–Crippen MR) is 141 cm³/mol. The average Bonchev–Trinajstić information content (AvgIpc) is 3.30. The summed E-state index contributed by atoms with van der Waals surface area (Å²) in [5.41, 5.74) is 0.445. The molecule has 4 N–H and O–H groups in total. The summed E-state index contributed by atoms with van der Waals surface area (Å²) in [5, 5.41) is 17.6. The number of halogens is 5. The van der Waals surface area contributed by atoms with Gasteiger partial charge in [-0.15, -0.1) is 0 Å². The molecule has 0 aliphatic carbocycles. The highest BCUT2D eigenvalue weighted by molar-refractivity contribution is 5.99. The third-order valence-corrected chi connectivity index (χ3v) is 7.12. The first-order chi connectivity index (χ1) is 20.0. The zero-order valence-electron chi connectivity index (χ0n) is 21.9. The van der Waals surface area contributed by atoms with Crippen LogP contribution in [-0.4, -0.2) is 42.0 Å². The van der Waals surface area contributed by atoms with E-state index in [-0.39, 0.29) is 36.7 Å². The number of urea groups is 1. The molecule has 0 saturated carbocycles. The first-order valence-electron chi connectivity index (χ1n) is 13.0. The molecule has 3 aromatic rings. The molecule has 1 fully saturated rings. The van der Waals surface area contributed by atoms with E-state index < -0.39 is 53.6 Å². The van der Waals surface area contributed by atoms with E-state index >= 15 is 0 Å². The summed E-state index contributed by atoms with van der Waals surface area (Å²) < 4.78 is 77.6. The topological polar surface area (TPSA) is 109 Å². The van der Waals surface area contributed by atoms with Gasteiger partial charge in [-0.25, -0.2) is 13.6 Å². The Bertz CT molecular complexity index is 1470. The number of aliphatic hydroxyl groups excluding tert-OH is 1. The molecule has 2 aliphatic heterocycles. The molecule has 13 heteroatoms. The molecule has 1 saturated heterocycles. The zero-order valence-corrected chi connectivity index (χ0v) is 21.9. The molecule has 5 rings (SSSR count). The van der Waals surface area contributed by atoms with E-state index in [9.17, 15) is 36.6 Å². The number of nitrogens with one attached hydrogen (secondary N) is 3. The van der Waals surface area contributed by atoms with E-state index in [0.29, 0.717) is 17.9 Å². The SMILES string of the molecule is O=C(C[C@@H]1C[C@H]2c3cc(NC(=O)Nc4ccc(C(F)(F)F)cc4)ccc3O[C@H]2[C@H](CO)O1)NCc1cc(F)ccc1F. The van der Waals surface area contributed by atoms with Crippen LogP contribution < -0.4 is 20.7 Å². The average molecular weight is 592 g/mol. The van der Waals surface area contributed by atoms with Crippen molar-refractivity contribution in [2.75, 3.05) is 17.2 Å². The van der Waals surface area contributed by atoms with Crippen LogP contribution in [-0.2, 0) is 22.3 Å². The van der Waals surface area contributed by atoms with Gasteiger partial charge in [-0.3, -0.25) is 4.79 Å². The second kappa shape index (κ2) is 11.9. The smallest absolute Gasteiger partial charge is 0.416 e. The van der Waals surface area contributed by atoms with Gasteiger partial charge >= 0.3 is 12.2 Å². The Labute approximate surface area is 236 Å². The van der Waals surface area contributed by atoms with Crippen LogP contribution in [0.25, 0.3) is 0 Å². The maximum atomic E-state index is 13.9. The van der Waals surface area contributed by atoms with Crippen LogP contribution in [0.2, 0.25) is 0 Å². The van der Waals surface area contributed by atoms with E-state index in [0.717, 1.165) is 48.0 Å². The van der Waals surface area contributed by atoms with E-state index in [1.54, 1.807) is 18.2 Å². The van der Waals surface area contributed by atoms with Crippen LogP contribution in [0.1, 0.15) is 35.4 Å². The number of carbonyl (C=O) groups excluding carboxylic acids is 2. The van der Waals surface area contributed by atoms with Gasteiger partial charge in [0.05, 0.1) is 24.7 Å². The third kappa shape index (κ3) is 6.63. The van der Waals surface area contributed by atoms with Gasteiger partial charge in [0.15, 0.2) is 0 Å². The third-order valence-electron chi connectivity index (χ3n) is 7.12. The molecule has 2 aliphatic rings. The summed E-state index contributed by atoms with van der Waals surface area (Å²) in [7, 11) is 0. The summed E-state index contributed by atoms with van der Waals surface area (Å²) in [6.45, 7) is -0.581. The second-order valence-electron chi connectivity index (χ2n) is 10.0. The summed E-state index contributed by atoms with van der Waals surface area (Å²) in [5.74, 6) is -1.49. The zero-order chi connectivity index (χ0) is 30.0. The standard InChI is InChI=1S/C29H26F5N3O5/c30-17-3-7-23(31)15(9-17)13-35-26(39)12-20-11-22-21-10-19(6-8-24(21)42-27(22)25(14-38)41-20)37-28(40)36-18-4-1-16(2-5-18)29(32,33)34/h1-10,20,22,25,27,38H,11-14H2,(H,35,39)(H2,36,37,40)/t20-,22-,25-,27+/m0/s1. The first kappa shape index (κ1) is 29.3. The molecule has 2 heterocycles. The molecule has 8 nitrogen and oxygen atoms in total. The van der Waals surface area contributed by atoms with Crippen molar-refractivity contribution in [3.05, 3.63) is 89.0 Å². The summed E-state index contributed by atoms with van der Waals surface area (Å²) in [4.78, 5) is 25.1. The number of rotatable bonds is 7. The van der Waals surface area contributed by atoms with E-state index in [4.69, 9.17) is 9.47 Å². The van der Waals surface area contributed by atoms with Crippen LogP contribution in [0.3, 0.4) is 0 Å². The van der Waals surface area contributed by atoms with Gasteiger partial charge < -0.3 is 30.5 Å². The highest BCUT2D eigenvalue weighted by Crippen LogP contribution is 2.47. The van der Waals surface area contributed by atoms with Crippen LogP contribution in [0.5, 0.6) is 5.75 Å². The number of fused-ring (bicyclic) bond motifs is 3. The van der Waals surface area contributed by atoms with E-state index in [2.05, 4.69) is 16.0 Å². The lowest BCUT2D eigenvalue weighted by molar-refractivity contribution is -0.142. The predicted octanol–water partition coefficient (Wildman–Crippen LogP) is 5.33. The Kier molecular flexibility index (Phi) is 8.32. The maximum absolute atomic E-state index is 13.9. The number of carbonyl (C=O) groups is 2. The molecule has 0 bridgehead atoms. The maximum Gasteiger partial charge on any atom is 0.416 e. The number of hydrogen-bond donors (Lipinski definition) is 4. The molecule has 0 spiro atoms. The lowest BCUT2D eigenvalue weighted by Crippen LogP contribution is -2.47. The van der Waals surface area contributed by atoms with Crippen molar-refractivity contribution < 1.29 is 46.1 Å². The highest BCUT2D eigenvalue weighted by atomic mass is 19.4. The number of aliphatic hydroxyl groups is 1. The normalized spacial score (nSPS) is 21.1. The molecule has 0 unspecified atom stereocenters. The molecule has 0 aromatic heterocycles. The monoisotopic (exact) mass is 591 g/mol. The van der Waals surface area contributed by atoms with Crippen molar-refractivity contribution in [3.8, 4) is 5.75 Å². The van der Waals surface area contributed by atoms with Crippen LogP contribution in [0.15, 0.2) is 60.7 Å². The second-order valence-corrected chi connectivity index (χ2v) is 10.0. The molecule has 4 atom stereocenters. The van der Waals surface area contributed by atoms with E-state index in [1.165, 1.54) is 0 Å². The minimum absolute atomic E-state index is 0.00159. The number of ether oxygens (including phenoxy) is 2. The van der Waals surface area contributed by atoms with Crippen molar-refractivity contribution in [1.82, 2.24) is 5.32 Å². The van der Waals surface area contributed by atoms with Crippen molar-refractivity contribution in [1.29, 1.82) is 0 Å². The Morgan fingerprint density at radius 3 is 2.38 bits per heavy atom. The van der Waals surface area contributed by atoms with Gasteiger partial charge in [-0.2, -0.15) is 13.2 Å². The molecular formula is C29H26F5N3O5. The fourth-order valence-corrected chi connectivity index (χ4v) is 5.15. The number of amides is 3. The largest absolute Gasteiger partial charge is 0.487 e. The first-order valence-corrected chi connectivity index (χ1v) is 13.0. The lowest BCUT2D eigenvalue weighted by atomic mass is 9.84. The Hall–Kier alpha value is -4.23. The molecule has 42 heavy (non-hydrogen) atoms. The van der Waals surface area contributed by atoms with Crippen LogP contribution in [0.4, 0.5) is 38.1 Å². The van der Waals surface area contributed by atoms with Crippen LogP contribution in [0, 0.1) is 11.6 Å². The van der Waals surface area contributed by atoms with Crippen molar-refractivity contribution in [2.45, 2.75) is 49.8 Å². The lowest BCUT2D eigenvalue weighted by Gasteiger charge is -2.37. The molecule has 3 aromatic carbocycles. The number of alkyl halides is 3. The molecule has 3 amide bonds.